The number of hydrogen-bond acceptors (Lipinski definition) is 3. The van der Waals surface area contributed by atoms with E-state index in [-0.39, 0.29) is 0 Å². The van der Waals surface area contributed by atoms with Gasteiger partial charge >= 0.3 is 11.9 Å². The van der Waals surface area contributed by atoms with Gasteiger partial charge in [-0.3, -0.25) is 9.59 Å². The summed E-state index contributed by atoms with van der Waals surface area (Å²) in [7, 11) is 0. The third-order valence-corrected chi connectivity index (χ3v) is 1.45. The minimum absolute atomic E-state index is 0.562. The molecule has 0 aliphatic carbocycles. The lowest BCUT2D eigenvalue weighted by Gasteiger charge is -1.87. The quantitative estimate of drug-likeness (QED) is 0.506. The van der Waals surface area contributed by atoms with Gasteiger partial charge in [-0.1, -0.05) is 23.7 Å². The summed E-state index contributed by atoms with van der Waals surface area (Å²) in [4.78, 5) is 19.6. The Morgan fingerprint density at radius 2 is 1.53 bits per heavy atom. The van der Waals surface area contributed by atoms with Crippen molar-refractivity contribution in [1.29, 1.82) is 0 Å². The van der Waals surface area contributed by atoms with Crippen LogP contribution >= 0.6 is 11.6 Å². The molecule has 0 aliphatic rings. The van der Waals surface area contributed by atoms with Crippen molar-refractivity contribution < 1.29 is 14.3 Å². The molecule has 0 atom stereocenters. The van der Waals surface area contributed by atoms with Gasteiger partial charge in [-0.2, -0.15) is 0 Å². The highest BCUT2D eigenvalue weighted by atomic mass is 35.5. The molecule has 0 aliphatic heterocycles. The molecule has 0 saturated carbocycles. The molecule has 0 saturated heterocycles. The monoisotopic (exact) mass is 227 g/mol. The molecule has 0 N–H and O–H groups in total. The van der Waals surface area contributed by atoms with Gasteiger partial charge in [0.05, 0.1) is 0 Å². The minimum atomic E-state index is -0.562. The van der Waals surface area contributed by atoms with Crippen molar-refractivity contribution in [1.82, 2.24) is 0 Å². The molecular formula is C11H12ClO3. The Kier molecular flexibility index (Phi) is 6.38. The maximum absolute atomic E-state index is 9.81. The number of benzene rings is 1. The minimum Gasteiger partial charge on any atom is -0.394 e. The van der Waals surface area contributed by atoms with Crippen molar-refractivity contribution in [2.75, 3.05) is 0 Å². The molecule has 1 aromatic rings. The molecule has 1 aromatic carbocycles. The van der Waals surface area contributed by atoms with Crippen LogP contribution in [0.3, 0.4) is 0 Å². The second kappa shape index (κ2) is 7.01. The highest BCUT2D eigenvalue weighted by Gasteiger charge is 1.93. The van der Waals surface area contributed by atoms with E-state index in [1.165, 1.54) is 13.8 Å². The summed E-state index contributed by atoms with van der Waals surface area (Å²) in [6.07, 6.45) is 0. The summed E-state index contributed by atoms with van der Waals surface area (Å²) in [5.41, 5.74) is 0.995. The van der Waals surface area contributed by atoms with Gasteiger partial charge in [-0.05, 0) is 24.6 Å². The predicted molar refractivity (Wildman–Crippen MR) is 58.4 cm³/mol. The second-order valence-electron chi connectivity index (χ2n) is 2.71. The molecule has 0 fully saturated rings. The van der Waals surface area contributed by atoms with Gasteiger partial charge in [0.1, 0.15) is 0 Å². The maximum Gasteiger partial charge on any atom is 0.310 e. The number of carbonyl (C=O) groups excluding carboxylic acids is 2. The molecule has 0 amide bonds. The zero-order valence-corrected chi connectivity index (χ0v) is 9.38. The SMILES string of the molecule is CC(=O)OC(C)=O.[CH2]c1ccc(Cl)cc1. The van der Waals surface area contributed by atoms with Gasteiger partial charge in [0.15, 0.2) is 0 Å². The Balaban J connectivity index is 0.000000265. The summed E-state index contributed by atoms with van der Waals surface area (Å²) in [6.45, 7) is 6.07. The van der Waals surface area contributed by atoms with Crippen LogP contribution in [-0.2, 0) is 14.3 Å². The molecule has 0 bridgehead atoms. The smallest absolute Gasteiger partial charge is 0.310 e. The summed E-state index contributed by atoms with van der Waals surface area (Å²) < 4.78 is 3.97. The van der Waals surface area contributed by atoms with Crippen LogP contribution in [0.25, 0.3) is 0 Å². The molecule has 0 aromatic heterocycles. The van der Waals surface area contributed by atoms with Gasteiger partial charge in [0.25, 0.3) is 0 Å². The fourth-order valence-electron chi connectivity index (χ4n) is 0.687. The van der Waals surface area contributed by atoms with Crippen molar-refractivity contribution >= 4 is 23.5 Å². The van der Waals surface area contributed by atoms with Crippen LogP contribution < -0.4 is 0 Å². The molecular weight excluding hydrogens is 216 g/mol. The van der Waals surface area contributed by atoms with Crippen LogP contribution in [0, 0.1) is 6.92 Å². The molecule has 0 unspecified atom stereocenters. The topological polar surface area (TPSA) is 43.4 Å². The van der Waals surface area contributed by atoms with Crippen LogP contribution in [0.1, 0.15) is 19.4 Å². The molecule has 3 nitrogen and oxygen atoms in total. The highest BCUT2D eigenvalue weighted by Crippen LogP contribution is 2.07. The Labute approximate surface area is 94.0 Å². The normalized spacial score (nSPS) is 8.53. The standard InChI is InChI=1S/C7H6Cl.C4H6O3/c1-6-2-4-7(8)5-3-6;1-3(5)7-4(2)6/h2-5H,1H2;1-2H3. The van der Waals surface area contributed by atoms with Gasteiger partial charge in [0.2, 0.25) is 0 Å². The van der Waals surface area contributed by atoms with E-state index in [1.807, 2.05) is 24.3 Å². The van der Waals surface area contributed by atoms with Crippen molar-refractivity contribution in [3.63, 3.8) is 0 Å². The molecule has 0 spiro atoms. The molecule has 4 heteroatoms. The Morgan fingerprint density at radius 3 is 1.73 bits per heavy atom. The van der Waals surface area contributed by atoms with Crippen molar-refractivity contribution in [2.24, 2.45) is 0 Å². The van der Waals surface area contributed by atoms with E-state index in [9.17, 15) is 9.59 Å². The molecule has 0 heterocycles. The van der Waals surface area contributed by atoms with Crippen molar-refractivity contribution in [2.45, 2.75) is 13.8 Å². The molecule has 81 valence electrons. The van der Waals surface area contributed by atoms with Crippen LogP contribution in [0.15, 0.2) is 24.3 Å². The first kappa shape index (κ1) is 13.7. The van der Waals surface area contributed by atoms with E-state index >= 15 is 0 Å². The Bertz CT molecular complexity index is 297. The average molecular weight is 228 g/mol. The zero-order chi connectivity index (χ0) is 11.8. The second-order valence-corrected chi connectivity index (χ2v) is 3.15. The molecule has 15 heavy (non-hydrogen) atoms. The largest absolute Gasteiger partial charge is 0.394 e. The number of ether oxygens (including phenoxy) is 1. The summed E-state index contributed by atoms with van der Waals surface area (Å²) in [5.74, 6) is -1.12. The summed E-state index contributed by atoms with van der Waals surface area (Å²) >= 11 is 5.58. The van der Waals surface area contributed by atoms with Crippen LogP contribution in [0.2, 0.25) is 5.02 Å². The van der Waals surface area contributed by atoms with Crippen LogP contribution in [-0.4, -0.2) is 11.9 Å². The van der Waals surface area contributed by atoms with Gasteiger partial charge in [-0.25, -0.2) is 0 Å². The van der Waals surface area contributed by atoms with Crippen LogP contribution in [0.5, 0.6) is 0 Å². The van der Waals surface area contributed by atoms with E-state index in [0.717, 1.165) is 10.6 Å². The number of esters is 2. The van der Waals surface area contributed by atoms with E-state index in [0.29, 0.717) is 0 Å². The first-order chi connectivity index (χ1) is 6.91. The zero-order valence-electron chi connectivity index (χ0n) is 8.62. The molecule has 1 rings (SSSR count). The fourth-order valence-corrected chi connectivity index (χ4v) is 0.813. The highest BCUT2D eigenvalue weighted by molar-refractivity contribution is 6.30. The lowest BCUT2D eigenvalue weighted by molar-refractivity contribution is -0.156. The fraction of sp³-hybridized carbons (Fsp3) is 0.182. The van der Waals surface area contributed by atoms with E-state index in [1.54, 1.807) is 0 Å². The lowest BCUT2D eigenvalue weighted by Crippen LogP contribution is -2.03. The van der Waals surface area contributed by atoms with Gasteiger partial charge in [0, 0.05) is 18.9 Å². The summed E-state index contributed by atoms with van der Waals surface area (Å²) in [5, 5.41) is 0.761. The number of rotatable bonds is 0. The van der Waals surface area contributed by atoms with E-state index < -0.39 is 11.9 Å². The van der Waals surface area contributed by atoms with Crippen molar-refractivity contribution in [3.05, 3.63) is 41.8 Å². The van der Waals surface area contributed by atoms with Crippen molar-refractivity contribution in [3.8, 4) is 0 Å². The maximum atomic E-state index is 9.81. The number of carbonyl (C=O) groups is 2. The first-order valence-corrected chi connectivity index (χ1v) is 4.56. The van der Waals surface area contributed by atoms with Gasteiger partial charge in [-0.15, -0.1) is 0 Å². The van der Waals surface area contributed by atoms with Gasteiger partial charge < -0.3 is 4.74 Å². The third kappa shape index (κ3) is 8.97. The third-order valence-electron chi connectivity index (χ3n) is 1.20. The Morgan fingerprint density at radius 1 is 1.13 bits per heavy atom. The number of halogens is 1. The number of hydrogen-bond donors (Lipinski definition) is 0. The van der Waals surface area contributed by atoms with E-state index in [2.05, 4.69) is 11.7 Å². The molecule has 1 radical (unpaired) electrons. The average Bonchev–Trinajstić information content (AvgIpc) is 2.09. The van der Waals surface area contributed by atoms with Crippen LogP contribution in [0.4, 0.5) is 0 Å². The van der Waals surface area contributed by atoms with E-state index in [4.69, 9.17) is 11.6 Å². The lowest BCUT2D eigenvalue weighted by atomic mass is 10.2. The predicted octanol–water partition coefficient (Wildman–Crippen LogP) is 2.62. The Hall–Kier alpha value is -1.35. The summed E-state index contributed by atoms with van der Waals surface area (Å²) in [6, 6.07) is 7.40. The first-order valence-electron chi connectivity index (χ1n) is 4.18.